The van der Waals surface area contributed by atoms with E-state index in [0.29, 0.717) is 6.61 Å². The largest absolute Gasteiger partial charge is 0.377 e. The number of para-hydroxylation sites is 2. The van der Waals surface area contributed by atoms with E-state index in [1.54, 1.807) is 0 Å². The standard InChI is InChI=1S/C17H18N2O/c1-2-10-20-12-13-6-5-7-14(11-13)17-18-15-8-3-4-9-16(15)19-17/h3-9,11H,2,10,12H2,1H3,(H,18,19). The average Bonchev–Trinajstić information content (AvgIpc) is 2.92. The normalized spacial score (nSPS) is 11.1. The molecule has 0 radical (unpaired) electrons. The zero-order chi connectivity index (χ0) is 13.8. The van der Waals surface area contributed by atoms with E-state index in [2.05, 4.69) is 35.1 Å². The fraction of sp³-hybridized carbons (Fsp3) is 0.235. The lowest BCUT2D eigenvalue weighted by atomic mass is 10.1. The molecule has 3 heteroatoms. The molecule has 3 rings (SSSR count). The Hall–Kier alpha value is -2.13. The van der Waals surface area contributed by atoms with Crippen molar-refractivity contribution in [2.24, 2.45) is 0 Å². The van der Waals surface area contributed by atoms with E-state index in [0.717, 1.165) is 35.4 Å². The van der Waals surface area contributed by atoms with Crippen LogP contribution in [0.15, 0.2) is 48.5 Å². The van der Waals surface area contributed by atoms with Crippen molar-refractivity contribution in [2.45, 2.75) is 20.0 Å². The second kappa shape index (κ2) is 5.88. The summed E-state index contributed by atoms with van der Waals surface area (Å²) in [5.74, 6) is 0.906. The third kappa shape index (κ3) is 2.73. The molecule has 0 amide bonds. The van der Waals surface area contributed by atoms with Crippen molar-refractivity contribution < 1.29 is 4.74 Å². The van der Waals surface area contributed by atoms with Gasteiger partial charge < -0.3 is 9.72 Å². The van der Waals surface area contributed by atoms with Crippen molar-refractivity contribution >= 4 is 11.0 Å². The molecule has 0 aliphatic rings. The van der Waals surface area contributed by atoms with E-state index in [4.69, 9.17) is 4.74 Å². The molecule has 20 heavy (non-hydrogen) atoms. The van der Waals surface area contributed by atoms with Crippen LogP contribution in [0.4, 0.5) is 0 Å². The minimum absolute atomic E-state index is 0.655. The minimum Gasteiger partial charge on any atom is -0.377 e. The number of aromatic amines is 1. The van der Waals surface area contributed by atoms with Crippen LogP contribution in [-0.4, -0.2) is 16.6 Å². The molecular weight excluding hydrogens is 248 g/mol. The lowest BCUT2D eigenvalue weighted by Crippen LogP contribution is -1.94. The molecule has 3 aromatic rings. The fourth-order valence-electron chi connectivity index (χ4n) is 2.23. The van der Waals surface area contributed by atoms with Crippen LogP contribution in [0, 0.1) is 0 Å². The molecule has 0 saturated heterocycles. The van der Waals surface area contributed by atoms with E-state index >= 15 is 0 Å². The van der Waals surface area contributed by atoms with E-state index in [1.807, 2.05) is 30.3 Å². The number of hydrogen-bond acceptors (Lipinski definition) is 2. The molecule has 0 unspecified atom stereocenters. The monoisotopic (exact) mass is 266 g/mol. The molecule has 0 saturated carbocycles. The lowest BCUT2D eigenvalue weighted by Gasteiger charge is -2.04. The number of nitrogens with zero attached hydrogens (tertiary/aromatic N) is 1. The first-order valence-corrected chi connectivity index (χ1v) is 6.98. The summed E-state index contributed by atoms with van der Waals surface area (Å²) in [7, 11) is 0. The highest BCUT2D eigenvalue weighted by molar-refractivity contribution is 5.79. The second-order valence-corrected chi connectivity index (χ2v) is 4.86. The number of aromatic nitrogens is 2. The molecule has 1 heterocycles. The number of imidazole rings is 1. The Morgan fingerprint density at radius 3 is 2.85 bits per heavy atom. The highest BCUT2D eigenvalue weighted by atomic mass is 16.5. The molecule has 0 fully saturated rings. The van der Waals surface area contributed by atoms with Crippen molar-refractivity contribution in [1.82, 2.24) is 9.97 Å². The summed E-state index contributed by atoms with van der Waals surface area (Å²) >= 11 is 0. The molecule has 2 aromatic carbocycles. The van der Waals surface area contributed by atoms with Gasteiger partial charge in [0.05, 0.1) is 17.6 Å². The average molecular weight is 266 g/mol. The van der Waals surface area contributed by atoms with E-state index in [9.17, 15) is 0 Å². The Bertz CT molecular complexity index is 670. The smallest absolute Gasteiger partial charge is 0.138 e. The highest BCUT2D eigenvalue weighted by Gasteiger charge is 2.05. The molecular formula is C17H18N2O. The Labute approximate surface area is 118 Å². The zero-order valence-corrected chi connectivity index (χ0v) is 11.6. The molecule has 0 bridgehead atoms. The topological polar surface area (TPSA) is 37.9 Å². The van der Waals surface area contributed by atoms with Crippen LogP contribution in [0.1, 0.15) is 18.9 Å². The van der Waals surface area contributed by atoms with Crippen LogP contribution in [0.2, 0.25) is 0 Å². The van der Waals surface area contributed by atoms with Gasteiger partial charge in [-0.15, -0.1) is 0 Å². The summed E-state index contributed by atoms with van der Waals surface area (Å²) in [4.78, 5) is 7.98. The number of ether oxygens (including phenoxy) is 1. The number of nitrogens with one attached hydrogen (secondary N) is 1. The van der Waals surface area contributed by atoms with Gasteiger partial charge in [-0.05, 0) is 30.2 Å². The van der Waals surface area contributed by atoms with Crippen molar-refractivity contribution in [1.29, 1.82) is 0 Å². The van der Waals surface area contributed by atoms with Gasteiger partial charge >= 0.3 is 0 Å². The third-order valence-electron chi connectivity index (χ3n) is 3.21. The minimum atomic E-state index is 0.655. The second-order valence-electron chi connectivity index (χ2n) is 4.86. The maximum absolute atomic E-state index is 5.59. The predicted molar refractivity (Wildman–Crippen MR) is 81.5 cm³/mol. The van der Waals surface area contributed by atoms with Crippen LogP contribution < -0.4 is 0 Å². The maximum Gasteiger partial charge on any atom is 0.138 e. The molecule has 0 aliphatic heterocycles. The highest BCUT2D eigenvalue weighted by Crippen LogP contribution is 2.21. The quantitative estimate of drug-likeness (QED) is 0.704. The lowest BCUT2D eigenvalue weighted by molar-refractivity contribution is 0.121. The van der Waals surface area contributed by atoms with Gasteiger partial charge in [0.1, 0.15) is 5.82 Å². The zero-order valence-electron chi connectivity index (χ0n) is 11.6. The number of H-pyrrole nitrogens is 1. The summed E-state index contributed by atoms with van der Waals surface area (Å²) in [5.41, 5.74) is 4.33. The Kier molecular flexibility index (Phi) is 3.79. The van der Waals surface area contributed by atoms with Crippen molar-refractivity contribution in [2.75, 3.05) is 6.61 Å². The third-order valence-corrected chi connectivity index (χ3v) is 3.21. The Morgan fingerprint density at radius 1 is 1.10 bits per heavy atom. The number of fused-ring (bicyclic) bond motifs is 1. The van der Waals surface area contributed by atoms with Gasteiger partial charge in [0.25, 0.3) is 0 Å². The van der Waals surface area contributed by atoms with E-state index < -0.39 is 0 Å². The van der Waals surface area contributed by atoms with Gasteiger partial charge in [-0.3, -0.25) is 0 Å². The Balaban J connectivity index is 1.87. The van der Waals surface area contributed by atoms with Crippen LogP contribution in [-0.2, 0) is 11.3 Å². The summed E-state index contributed by atoms with van der Waals surface area (Å²) in [6.45, 7) is 3.57. The number of hydrogen-bond donors (Lipinski definition) is 1. The van der Waals surface area contributed by atoms with E-state index in [-0.39, 0.29) is 0 Å². The molecule has 0 aliphatic carbocycles. The SMILES string of the molecule is CCCOCc1cccc(-c2nc3ccccc3[nH]2)c1. The number of benzene rings is 2. The van der Waals surface area contributed by atoms with Crippen LogP contribution in [0.3, 0.4) is 0 Å². The summed E-state index contributed by atoms with van der Waals surface area (Å²) < 4.78 is 5.59. The first-order chi connectivity index (χ1) is 9.86. The van der Waals surface area contributed by atoms with Crippen molar-refractivity contribution in [3.63, 3.8) is 0 Å². The van der Waals surface area contributed by atoms with Crippen LogP contribution in [0.5, 0.6) is 0 Å². The molecule has 3 nitrogen and oxygen atoms in total. The van der Waals surface area contributed by atoms with Crippen molar-refractivity contribution in [3.8, 4) is 11.4 Å². The predicted octanol–water partition coefficient (Wildman–Crippen LogP) is 4.16. The van der Waals surface area contributed by atoms with Gasteiger partial charge in [0, 0.05) is 12.2 Å². The van der Waals surface area contributed by atoms with Crippen molar-refractivity contribution in [3.05, 3.63) is 54.1 Å². The fourth-order valence-corrected chi connectivity index (χ4v) is 2.23. The first kappa shape index (κ1) is 12.9. The molecule has 0 spiro atoms. The molecule has 1 aromatic heterocycles. The van der Waals surface area contributed by atoms with Gasteiger partial charge in [-0.2, -0.15) is 0 Å². The summed E-state index contributed by atoms with van der Waals surface area (Å²) in [5, 5.41) is 0. The van der Waals surface area contributed by atoms with Gasteiger partial charge in [0.15, 0.2) is 0 Å². The van der Waals surface area contributed by atoms with Crippen LogP contribution in [0.25, 0.3) is 22.4 Å². The van der Waals surface area contributed by atoms with Gasteiger partial charge in [0.2, 0.25) is 0 Å². The van der Waals surface area contributed by atoms with Crippen LogP contribution >= 0.6 is 0 Å². The molecule has 102 valence electrons. The number of rotatable bonds is 5. The Morgan fingerprint density at radius 2 is 2.00 bits per heavy atom. The van der Waals surface area contributed by atoms with Gasteiger partial charge in [-0.1, -0.05) is 37.3 Å². The molecule has 1 N–H and O–H groups in total. The van der Waals surface area contributed by atoms with Gasteiger partial charge in [-0.25, -0.2) is 4.98 Å². The molecule has 0 atom stereocenters. The first-order valence-electron chi connectivity index (χ1n) is 6.98. The summed E-state index contributed by atoms with van der Waals surface area (Å²) in [6, 6.07) is 16.4. The summed E-state index contributed by atoms with van der Waals surface area (Å²) in [6.07, 6.45) is 1.04. The maximum atomic E-state index is 5.59. The van der Waals surface area contributed by atoms with E-state index in [1.165, 1.54) is 5.56 Å².